The quantitative estimate of drug-likeness (QED) is 0.866. The summed E-state index contributed by atoms with van der Waals surface area (Å²) in [7, 11) is 0. The fourth-order valence-corrected chi connectivity index (χ4v) is 4.45. The number of rotatable bonds is 3. The third-order valence-electron chi connectivity index (χ3n) is 3.84. The van der Waals surface area contributed by atoms with Crippen LogP contribution in [0.1, 0.15) is 10.9 Å². The van der Waals surface area contributed by atoms with E-state index in [2.05, 4.69) is 37.6 Å². The zero-order chi connectivity index (χ0) is 13.4. The van der Waals surface area contributed by atoms with Gasteiger partial charge in [-0.15, -0.1) is 11.3 Å². The van der Waals surface area contributed by atoms with Gasteiger partial charge in [0.1, 0.15) is 0 Å². The molecule has 3 rings (SSSR count). The SMILES string of the molecule is NCC(c1cc(Br)cs1)N1CCN2C(=O)NCC2C1. The Bertz CT molecular complexity index is 480. The Morgan fingerprint density at radius 3 is 3.11 bits per heavy atom. The van der Waals surface area contributed by atoms with E-state index in [1.54, 1.807) is 11.3 Å². The summed E-state index contributed by atoms with van der Waals surface area (Å²) in [5, 5.41) is 5.00. The van der Waals surface area contributed by atoms with E-state index in [0.717, 1.165) is 30.7 Å². The van der Waals surface area contributed by atoms with Crippen molar-refractivity contribution < 1.29 is 4.79 Å². The van der Waals surface area contributed by atoms with Crippen LogP contribution in [0.2, 0.25) is 0 Å². The molecule has 2 saturated heterocycles. The van der Waals surface area contributed by atoms with Crippen LogP contribution in [-0.4, -0.2) is 54.6 Å². The Balaban J connectivity index is 1.73. The summed E-state index contributed by atoms with van der Waals surface area (Å²) < 4.78 is 1.11. The van der Waals surface area contributed by atoms with Gasteiger partial charge in [0.15, 0.2) is 0 Å². The summed E-state index contributed by atoms with van der Waals surface area (Å²) in [4.78, 5) is 17.2. The summed E-state index contributed by atoms with van der Waals surface area (Å²) >= 11 is 5.23. The molecule has 2 atom stereocenters. The summed E-state index contributed by atoms with van der Waals surface area (Å²) in [6.45, 7) is 3.94. The lowest BCUT2D eigenvalue weighted by Gasteiger charge is -2.40. The maximum absolute atomic E-state index is 11.6. The van der Waals surface area contributed by atoms with E-state index in [0.29, 0.717) is 12.6 Å². The highest BCUT2D eigenvalue weighted by Gasteiger charge is 2.37. The van der Waals surface area contributed by atoms with Crippen molar-refractivity contribution >= 4 is 33.3 Å². The van der Waals surface area contributed by atoms with E-state index in [1.165, 1.54) is 4.88 Å². The van der Waals surface area contributed by atoms with Gasteiger partial charge in [-0.25, -0.2) is 4.79 Å². The number of thiophene rings is 1. The first-order valence-electron chi connectivity index (χ1n) is 6.41. The highest BCUT2D eigenvalue weighted by atomic mass is 79.9. The molecule has 5 nitrogen and oxygen atoms in total. The van der Waals surface area contributed by atoms with Gasteiger partial charge in [0.05, 0.1) is 12.1 Å². The Morgan fingerprint density at radius 1 is 1.58 bits per heavy atom. The van der Waals surface area contributed by atoms with Crippen LogP contribution < -0.4 is 11.1 Å². The van der Waals surface area contributed by atoms with E-state index >= 15 is 0 Å². The average Bonchev–Trinajstić information content (AvgIpc) is 2.98. The number of nitrogens with one attached hydrogen (secondary N) is 1. The Morgan fingerprint density at radius 2 is 2.42 bits per heavy atom. The van der Waals surface area contributed by atoms with Gasteiger partial charge in [-0.3, -0.25) is 4.90 Å². The van der Waals surface area contributed by atoms with Crippen molar-refractivity contribution in [1.29, 1.82) is 0 Å². The van der Waals surface area contributed by atoms with Crippen molar-refractivity contribution in [1.82, 2.24) is 15.1 Å². The van der Waals surface area contributed by atoms with Crippen LogP contribution in [0, 0.1) is 0 Å². The Hall–Kier alpha value is -0.630. The van der Waals surface area contributed by atoms with E-state index in [9.17, 15) is 4.79 Å². The van der Waals surface area contributed by atoms with E-state index in [1.807, 2.05) is 4.90 Å². The number of piperazine rings is 1. The second-order valence-electron chi connectivity index (χ2n) is 4.95. The van der Waals surface area contributed by atoms with Crippen LogP contribution in [0.25, 0.3) is 0 Å². The number of carbonyl (C=O) groups excluding carboxylic acids is 1. The maximum Gasteiger partial charge on any atom is 0.317 e. The topological polar surface area (TPSA) is 61.6 Å². The lowest BCUT2D eigenvalue weighted by atomic mass is 10.1. The van der Waals surface area contributed by atoms with E-state index in [4.69, 9.17) is 5.73 Å². The number of nitrogens with zero attached hydrogens (tertiary/aromatic N) is 2. The van der Waals surface area contributed by atoms with Crippen molar-refractivity contribution in [2.75, 3.05) is 32.7 Å². The van der Waals surface area contributed by atoms with Crippen LogP contribution in [-0.2, 0) is 0 Å². The van der Waals surface area contributed by atoms with Gasteiger partial charge in [0.2, 0.25) is 0 Å². The molecule has 0 bridgehead atoms. The van der Waals surface area contributed by atoms with Gasteiger partial charge in [-0.2, -0.15) is 0 Å². The number of carbonyl (C=O) groups is 1. The van der Waals surface area contributed by atoms with Gasteiger partial charge in [0.25, 0.3) is 0 Å². The van der Waals surface area contributed by atoms with Gasteiger partial charge in [-0.1, -0.05) is 0 Å². The molecule has 3 heterocycles. The van der Waals surface area contributed by atoms with Crippen molar-refractivity contribution in [3.63, 3.8) is 0 Å². The van der Waals surface area contributed by atoms with Crippen molar-refractivity contribution in [3.8, 4) is 0 Å². The predicted molar refractivity (Wildman–Crippen MR) is 79.3 cm³/mol. The number of hydrogen-bond donors (Lipinski definition) is 2. The number of nitrogens with two attached hydrogens (primary N) is 1. The molecule has 104 valence electrons. The van der Waals surface area contributed by atoms with Crippen molar-refractivity contribution in [2.45, 2.75) is 12.1 Å². The molecule has 2 fully saturated rings. The third-order valence-corrected chi connectivity index (χ3v) is 5.64. The first kappa shape index (κ1) is 13.4. The average molecular weight is 345 g/mol. The first-order chi connectivity index (χ1) is 9.19. The second kappa shape index (κ2) is 5.40. The van der Waals surface area contributed by atoms with Crippen LogP contribution in [0.4, 0.5) is 4.79 Å². The lowest BCUT2D eigenvalue weighted by Crippen LogP contribution is -2.53. The molecule has 0 spiro atoms. The van der Waals surface area contributed by atoms with Crippen molar-refractivity contribution in [2.24, 2.45) is 5.73 Å². The summed E-state index contributed by atoms with van der Waals surface area (Å²) in [5.74, 6) is 0. The van der Waals surface area contributed by atoms with Crippen LogP contribution >= 0.6 is 27.3 Å². The van der Waals surface area contributed by atoms with Crippen LogP contribution in [0.15, 0.2) is 15.9 Å². The van der Waals surface area contributed by atoms with E-state index < -0.39 is 0 Å². The molecule has 1 aromatic rings. The monoisotopic (exact) mass is 344 g/mol. The maximum atomic E-state index is 11.6. The minimum atomic E-state index is 0.0767. The molecule has 2 unspecified atom stereocenters. The zero-order valence-electron chi connectivity index (χ0n) is 10.5. The lowest BCUT2D eigenvalue weighted by molar-refractivity contribution is 0.0916. The summed E-state index contributed by atoms with van der Waals surface area (Å²) in [5.41, 5.74) is 5.96. The highest BCUT2D eigenvalue weighted by Crippen LogP contribution is 2.30. The van der Waals surface area contributed by atoms with Gasteiger partial charge >= 0.3 is 6.03 Å². The van der Waals surface area contributed by atoms with Crippen LogP contribution in [0.3, 0.4) is 0 Å². The minimum Gasteiger partial charge on any atom is -0.336 e. The van der Waals surface area contributed by atoms with Gasteiger partial charge in [-0.05, 0) is 22.0 Å². The minimum absolute atomic E-state index is 0.0767. The van der Waals surface area contributed by atoms with Gasteiger partial charge < -0.3 is 16.0 Å². The fraction of sp³-hybridized carbons (Fsp3) is 0.583. The Kier molecular flexibility index (Phi) is 3.79. The molecule has 0 aliphatic carbocycles. The van der Waals surface area contributed by atoms with E-state index in [-0.39, 0.29) is 12.1 Å². The van der Waals surface area contributed by atoms with Gasteiger partial charge in [0, 0.05) is 47.5 Å². The normalized spacial score (nSPS) is 25.3. The first-order valence-corrected chi connectivity index (χ1v) is 8.09. The summed E-state index contributed by atoms with van der Waals surface area (Å²) in [6.07, 6.45) is 0. The van der Waals surface area contributed by atoms with Crippen LogP contribution in [0.5, 0.6) is 0 Å². The Labute approximate surface area is 124 Å². The highest BCUT2D eigenvalue weighted by molar-refractivity contribution is 9.10. The molecular formula is C12H17BrN4OS. The molecule has 19 heavy (non-hydrogen) atoms. The molecule has 2 aliphatic rings. The van der Waals surface area contributed by atoms with Crippen molar-refractivity contribution in [3.05, 3.63) is 20.8 Å². The molecule has 2 amide bonds. The molecule has 0 saturated carbocycles. The number of amides is 2. The molecular weight excluding hydrogens is 328 g/mol. The molecule has 3 N–H and O–H groups in total. The number of urea groups is 1. The molecule has 2 aliphatic heterocycles. The summed E-state index contributed by atoms with van der Waals surface area (Å²) in [6, 6.07) is 2.77. The number of halogens is 1. The standard InChI is InChI=1S/C12H17BrN4OS/c13-8-3-11(19-7-8)10(4-14)16-1-2-17-9(6-16)5-15-12(17)18/h3,7,9-10H,1-2,4-6,14H2,(H,15,18). The zero-order valence-corrected chi connectivity index (χ0v) is 12.9. The molecule has 0 aromatic carbocycles. The third kappa shape index (κ3) is 2.52. The second-order valence-corrected chi connectivity index (χ2v) is 6.81. The number of fused-ring (bicyclic) bond motifs is 1. The smallest absolute Gasteiger partial charge is 0.317 e. The molecule has 1 aromatic heterocycles. The predicted octanol–water partition coefficient (Wildman–Crippen LogP) is 1.22. The fourth-order valence-electron chi connectivity index (χ4n) is 2.86. The molecule has 0 radical (unpaired) electrons. The largest absolute Gasteiger partial charge is 0.336 e. The molecule has 7 heteroatoms. The number of hydrogen-bond acceptors (Lipinski definition) is 4.